The SMILES string of the molecule is NC1=C[C@H](CCc2cc(F)cc(C(F)(F)F)c2)CN1. The van der Waals surface area contributed by atoms with Crippen LogP contribution in [0.4, 0.5) is 17.6 Å². The summed E-state index contributed by atoms with van der Waals surface area (Å²) in [6.45, 7) is 0.674. The molecular weight excluding hydrogens is 260 g/mol. The van der Waals surface area contributed by atoms with Crippen LogP contribution in [0.25, 0.3) is 0 Å². The molecule has 0 aromatic heterocycles. The van der Waals surface area contributed by atoms with E-state index in [-0.39, 0.29) is 5.92 Å². The second-order valence-corrected chi connectivity index (χ2v) is 4.65. The van der Waals surface area contributed by atoms with Crippen molar-refractivity contribution in [3.8, 4) is 0 Å². The molecule has 3 N–H and O–H groups in total. The molecule has 0 unspecified atom stereocenters. The van der Waals surface area contributed by atoms with Crippen molar-refractivity contribution in [3.05, 3.63) is 47.0 Å². The van der Waals surface area contributed by atoms with E-state index in [0.29, 0.717) is 36.8 Å². The highest BCUT2D eigenvalue weighted by Gasteiger charge is 2.31. The number of hydrogen-bond donors (Lipinski definition) is 2. The number of nitrogens with two attached hydrogens (primary N) is 1. The molecule has 1 aliphatic rings. The summed E-state index contributed by atoms with van der Waals surface area (Å²) in [5.74, 6) is -0.0951. The van der Waals surface area contributed by atoms with Gasteiger partial charge in [-0.3, -0.25) is 0 Å². The number of benzene rings is 1. The standard InChI is InChI=1S/C13H14F4N2/c14-11-4-8(3-10(6-11)13(15,16)17)1-2-9-5-12(18)19-7-9/h3-6,9,19H,1-2,7,18H2/t9-/m0/s1. The molecule has 0 radical (unpaired) electrons. The van der Waals surface area contributed by atoms with E-state index in [0.717, 1.165) is 12.1 Å². The third kappa shape index (κ3) is 3.62. The quantitative estimate of drug-likeness (QED) is 0.832. The minimum Gasteiger partial charge on any atom is -0.386 e. The summed E-state index contributed by atoms with van der Waals surface area (Å²) in [6, 6.07) is 2.65. The van der Waals surface area contributed by atoms with Crippen molar-refractivity contribution in [1.29, 1.82) is 0 Å². The number of halogens is 4. The molecule has 1 aromatic carbocycles. The number of hydrogen-bond acceptors (Lipinski definition) is 2. The molecule has 1 aliphatic heterocycles. The number of alkyl halides is 3. The molecular formula is C13H14F4N2. The number of nitrogens with one attached hydrogen (secondary N) is 1. The predicted octanol–water partition coefficient (Wildman–Crippen LogP) is 2.80. The Balaban J connectivity index is 2.06. The Morgan fingerprint density at radius 3 is 2.58 bits per heavy atom. The maximum Gasteiger partial charge on any atom is 0.416 e. The molecule has 1 heterocycles. The van der Waals surface area contributed by atoms with Crippen LogP contribution in [0.5, 0.6) is 0 Å². The fraction of sp³-hybridized carbons (Fsp3) is 0.385. The summed E-state index contributed by atoms with van der Waals surface area (Å²) in [6.07, 6.45) is -1.66. The van der Waals surface area contributed by atoms with Crippen LogP contribution >= 0.6 is 0 Å². The van der Waals surface area contributed by atoms with E-state index < -0.39 is 17.6 Å². The zero-order valence-electron chi connectivity index (χ0n) is 10.1. The summed E-state index contributed by atoms with van der Waals surface area (Å²) < 4.78 is 50.8. The lowest BCUT2D eigenvalue weighted by Crippen LogP contribution is -2.16. The molecule has 0 saturated carbocycles. The van der Waals surface area contributed by atoms with Gasteiger partial charge in [-0.1, -0.05) is 0 Å². The average Bonchev–Trinajstić information content (AvgIpc) is 2.71. The lowest BCUT2D eigenvalue weighted by Gasteiger charge is -2.11. The fourth-order valence-corrected chi connectivity index (χ4v) is 2.12. The van der Waals surface area contributed by atoms with Gasteiger partial charge in [0.1, 0.15) is 5.82 Å². The molecule has 0 spiro atoms. The first-order chi connectivity index (χ1) is 8.84. The fourth-order valence-electron chi connectivity index (χ4n) is 2.12. The molecule has 0 amide bonds. The average molecular weight is 274 g/mol. The monoisotopic (exact) mass is 274 g/mol. The van der Waals surface area contributed by atoms with Crippen LogP contribution in [0.3, 0.4) is 0 Å². The van der Waals surface area contributed by atoms with Gasteiger partial charge in [-0.2, -0.15) is 13.2 Å². The number of aryl methyl sites for hydroxylation is 1. The van der Waals surface area contributed by atoms with Crippen molar-refractivity contribution in [2.45, 2.75) is 19.0 Å². The van der Waals surface area contributed by atoms with Gasteiger partial charge in [-0.15, -0.1) is 0 Å². The normalized spacial score (nSPS) is 19.2. The number of rotatable bonds is 3. The largest absolute Gasteiger partial charge is 0.416 e. The second kappa shape index (κ2) is 5.11. The van der Waals surface area contributed by atoms with Gasteiger partial charge in [-0.05, 0) is 48.6 Å². The molecule has 19 heavy (non-hydrogen) atoms. The van der Waals surface area contributed by atoms with Crippen LogP contribution in [0, 0.1) is 11.7 Å². The van der Waals surface area contributed by atoms with E-state index in [1.165, 1.54) is 0 Å². The van der Waals surface area contributed by atoms with Crippen LogP contribution < -0.4 is 11.1 Å². The summed E-state index contributed by atoms with van der Waals surface area (Å²) in [7, 11) is 0. The first-order valence-corrected chi connectivity index (χ1v) is 5.92. The van der Waals surface area contributed by atoms with Gasteiger partial charge >= 0.3 is 6.18 Å². The van der Waals surface area contributed by atoms with E-state index in [1.54, 1.807) is 0 Å². The second-order valence-electron chi connectivity index (χ2n) is 4.65. The summed E-state index contributed by atoms with van der Waals surface area (Å²) in [5, 5.41) is 2.94. The van der Waals surface area contributed by atoms with Gasteiger partial charge in [0.2, 0.25) is 0 Å². The Bertz CT molecular complexity index is 494. The van der Waals surface area contributed by atoms with Crippen molar-refractivity contribution in [2.75, 3.05) is 6.54 Å². The topological polar surface area (TPSA) is 38.0 Å². The van der Waals surface area contributed by atoms with Crippen molar-refractivity contribution in [1.82, 2.24) is 5.32 Å². The minimum absolute atomic E-state index is 0.178. The molecule has 0 fully saturated rings. The smallest absolute Gasteiger partial charge is 0.386 e. The van der Waals surface area contributed by atoms with Crippen LogP contribution in [-0.2, 0) is 12.6 Å². The zero-order chi connectivity index (χ0) is 14.0. The Labute approximate surface area is 108 Å². The molecule has 6 heteroatoms. The Hall–Kier alpha value is -1.72. The first kappa shape index (κ1) is 13.7. The van der Waals surface area contributed by atoms with Crippen LogP contribution in [0.1, 0.15) is 17.5 Å². The third-order valence-corrected chi connectivity index (χ3v) is 3.07. The summed E-state index contributed by atoms with van der Waals surface area (Å²) in [4.78, 5) is 0. The van der Waals surface area contributed by atoms with E-state index in [1.807, 2.05) is 6.08 Å². The van der Waals surface area contributed by atoms with Gasteiger partial charge in [0.15, 0.2) is 0 Å². The lowest BCUT2D eigenvalue weighted by molar-refractivity contribution is -0.137. The molecule has 0 bridgehead atoms. The minimum atomic E-state index is -4.52. The highest BCUT2D eigenvalue weighted by Crippen LogP contribution is 2.31. The molecule has 0 saturated heterocycles. The van der Waals surface area contributed by atoms with Crippen molar-refractivity contribution < 1.29 is 17.6 Å². The molecule has 1 aromatic rings. The summed E-state index contributed by atoms with van der Waals surface area (Å²) in [5.41, 5.74) is 4.95. The maximum atomic E-state index is 13.2. The van der Waals surface area contributed by atoms with Gasteiger partial charge in [0, 0.05) is 6.54 Å². The van der Waals surface area contributed by atoms with Crippen molar-refractivity contribution in [3.63, 3.8) is 0 Å². The lowest BCUT2D eigenvalue weighted by atomic mass is 9.99. The van der Waals surface area contributed by atoms with Gasteiger partial charge < -0.3 is 11.1 Å². The first-order valence-electron chi connectivity index (χ1n) is 5.92. The highest BCUT2D eigenvalue weighted by molar-refractivity contribution is 5.27. The Morgan fingerprint density at radius 2 is 2.00 bits per heavy atom. The van der Waals surface area contributed by atoms with E-state index in [2.05, 4.69) is 5.32 Å². The van der Waals surface area contributed by atoms with E-state index in [9.17, 15) is 17.6 Å². The Morgan fingerprint density at radius 1 is 1.26 bits per heavy atom. The molecule has 1 atom stereocenters. The highest BCUT2D eigenvalue weighted by atomic mass is 19.4. The van der Waals surface area contributed by atoms with Crippen molar-refractivity contribution in [2.24, 2.45) is 11.7 Å². The van der Waals surface area contributed by atoms with Gasteiger partial charge in [0.05, 0.1) is 11.4 Å². The maximum absolute atomic E-state index is 13.2. The zero-order valence-corrected chi connectivity index (χ0v) is 10.1. The molecule has 2 nitrogen and oxygen atoms in total. The summed E-state index contributed by atoms with van der Waals surface area (Å²) >= 11 is 0. The van der Waals surface area contributed by atoms with Crippen molar-refractivity contribution >= 4 is 0 Å². The van der Waals surface area contributed by atoms with E-state index in [4.69, 9.17) is 5.73 Å². The van der Waals surface area contributed by atoms with Gasteiger partial charge in [-0.25, -0.2) is 4.39 Å². The van der Waals surface area contributed by atoms with Crippen LogP contribution in [0.15, 0.2) is 30.1 Å². The van der Waals surface area contributed by atoms with E-state index >= 15 is 0 Å². The predicted molar refractivity (Wildman–Crippen MR) is 63.5 cm³/mol. The van der Waals surface area contributed by atoms with Crippen LogP contribution in [-0.4, -0.2) is 6.54 Å². The molecule has 0 aliphatic carbocycles. The van der Waals surface area contributed by atoms with Gasteiger partial charge in [0.25, 0.3) is 0 Å². The third-order valence-electron chi connectivity index (χ3n) is 3.07. The Kier molecular flexibility index (Phi) is 3.68. The molecule has 2 rings (SSSR count). The van der Waals surface area contributed by atoms with Crippen LogP contribution in [0.2, 0.25) is 0 Å². The molecule has 104 valence electrons.